The van der Waals surface area contributed by atoms with E-state index in [1.807, 2.05) is 31.2 Å². The third-order valence-electron chi connectivity index (χ3n) is 3.29. The van der Waals surface area contributed by atoms with Gasteiger partial charge in [0.25, 0.3) is 0 Å². The van der Waals surface area contributed by atoms with Gasteiger partial charge in [-0.3, -0.25) is 4.79 Å². The molecular formula is C18H16N2O3. The van der Waals surface area contributed by atoms with Crippen LogP contribution in [0.4, 0.5) is 0 Å². The highest BCUT2D eigenvalue weighted by Gasteiger charge is 2.13. The molecule has 2 aromatic rings. The number of hydrogen-bond donors (Lipinski definition) is 0. The van der Waals surface area contributed by atoms with E-state index in [2.05, 4.69) is 4.98 Å². The molecule has 0 atom stereocenters. The summed E-state index contributed by atoms with van der Waals surface area (Å²) in [4.78, 5) is 15.7. The quantitative estimate of drug-likeness (QED) is 0.791. The average Bonchev–Trinajstić information content (AvgIpc) is 2.60. The standard InChI is InChI=1S/C18H16N2O3/c1-4-5-12-8-14(9-15(11-21)17(12)22-2)16-7-6-13(10-19)18(20-16)23-3/h4-9,11H,1-3H3. The minimum Gasteiger partial charge on any atom is -0.495 e. The summed E-state index contributed by atoms with van der Waals surface area (Å²) in [5.74, 6) is 0.767. The molecule has 0 aliphatic carbocycles. The molecule has 0 amide bonds. The Morgan fingerprint density at radius 3 is 2.48 bits per heavy atom. The molecule has 0 fully saturated rings. The van der Waals surface area contributed by atoms with Crippen LogP contribution < -0.4 is 9.47 Å². The smallest absolute Gasteiger partial charge is 0.231 e. The van der Waals surface area contributed by atoms with Crippen molar-refractivity contribution in [1.29, 1.82) is 5.26 Å². The number of benzene rings is 1. The van der Waals surface area contributed by atoms with Crippen molar-refractivity contribution < 1.29 is 14.3 Å². The zero-order valence-electron chi connectivity index (χ0n) is 13.2. The number of carbonyl (C=O) groups is 1. The number of carbonyl (C=O) groups excluding carboxylic acids is 1. The van der Waals surface area contributed by atoms with Gasteiger partial charge in [0.1, 0.15) is 17.4 Å². The van der Waals surface area contributed by atoms with E-state index >= 15 is 0 Å². The topological polar surface area (TPSA) is 72.2 Å². The first-order valence-electron chi connectivity index (χ1n) is 6.93. The van der Waals surface area contributed by atoms with E-state index in [0.717, 1.165) is 17.4 Å². The van der Waals surface area contributed by atoms with E-state index in [4.69, 9.17) is 14.7 Å². The number of hydrogen-bond acceptors (Lipinski definition) is 5. The molecule has 0 aliphatic heterocycles. The number of nitriles is 1. The summed E-state index contributed by atoms with van der Waals surface area (Å²) < 4.78 is 10.5. The van der Waals surface area contributed by atoms with Gasteiger partial charge in [-0.25, -0.2) is 4.98 Å². The molecule has 0 bridgehead atoms. The maximum absolute atomic E-state index is 11.4. The molecule has 0 aliphatic rings. The SMILES string of the molecule is CC=Cc1cc(-c2ccc(C#N)c(OC)n2)cc(C=O)c1OC. The van der Waals surface area contributed by atoms with Crippen molar-refractivity contribution in [3.8, 4) is 29.0 Å². The van der Waals surface area contributed by atoms with Gasteiger partial charge in [0.2, 0.25) is 5.88 Å². The van der Waals surface area contributed by atoms with E-state index in [9.17, 15) is 4.79 Å². The predicted molar refractivity (Wildman–Crippen MR) is 87.6 cm³/mol. The third kappa shape index (κ3) is 3.22. The maximum atomic E-state index is 11.4. The van der Waals surface area contributed by atoms with Crippen molar-refractivity contribution in [2.45, 2.75) is 6.92 Å². The van der Waals surface area contributed by atoms with Gasteiger partial charge in [-0.05, 0) is 31.2 Å². The van der Waals surface area contributed by atoms with Crippen LogP contribution in [0.2, 0.25) is 0 Å². The zero-order chi connectivity index (χ0) is 16.8. The lowest BCUT2D eigenvalue weighted by atomic mass is 10.0. The number of aromatic nitrogens is 1. The molecule has 5 heteroatoms. The number of aldehydes is 1. The highest BCUT2D eigenvalue weighted by molar-refractivity contribution is 5.86. The minimum atomic E-state index is 0.251. The number of methoxy groups -OCH3 is 2. The largest absolute Gasteiger partial charge is 0.495 e. The van der Waals surface area contributed by atoms with E-state index in [1.165, 1.54) is 14.2 Å². The molecule has 0 saturated carbocycles. The predicted octanol–water partition coefficient (Wildman–Crippen LogP) is 3.48. The number of ether oxygens (including phenoxy) is 2. The minimum absolute atomic E-state index is 0.251. The average molecular weight is 308 g/mol. The number of allylic oxidation sites excluding steroid dienone is 1. The van der Waals surface area contributed by atoms with Gasteiger partial charge in [0.15, 0.2) is 6.29 Å². The third-order valence-corrected chi connectivity index (χ3v) is 3.29. The van der Waals surface area contributed by atoms with Crippen LogP contribution in [0.15, 0.2) is 30.3 Å². The van der Waals surface area contributed by atoms with E-state index < -0.39 is 0 Å². The monoisotopic (exact) mass is 308 g/mol. The summed E-state index contributed by atoms with van der Waals surface area (Å²) >= 11 is 0. The Kier molecular flexibility index (Phi) is 5.11. The van der Waals surface area contributed by atoms with Gasteiger partial charge in [-0.1, -0.05) is 12.2 Å². The molecule has 1 aromatic carbocycles. The summed E-state index contributed by atoms with van der Waals surface area (Å²) in [6, 6.07) is 8.96. The first-order valence-corrected chi connectivity index (χ1v) is 6.93. The lowest BCUT2D eigenvalue weighted by molar-refractivity contribution is 0.112. The van der Waals surface area contributed by atoms with Crippen molar-refractivity contribution in [2.24, 2.45) is 0 Å². The lowest BCUT2D eigenvalue weighted by Crippen LogP contribution is -1.97. The second kappa shape index (κ2) is 7.23. The van der Waals surface area contributed by atoms with Gasteiger partial charge in [0.05, 0.1) is 25.5 Å². The number of rotatable bonds is 5. The van der Waals surface area contributed by atoms with Gasteiger partial charge in [-0.15, -0.1) is 0 Å². The first-order chi connectivity index (χ1) is 11.2. The molecule has 0 N–H and O–H groups in total. The molecule has 0 saturated heterocycles. The fraction of sp³-hybridized carbons (Fsp3) is 0.167. The molecule has 0 unspecified atom stereocenters. The van der Waals surface area contributed by atoms with Gasteiger partial charge in [-0.2, -0.15) is 5.26 Å². The molecular weight excluding hydrogens is 292 g/mol. The van der Waals surface area contributed by atoms with Gasteiger partial charge < -0.3 is 9.47 Å². The molecule has 1 aromatic heterocycles. The summed E-state index contributed by atoms with van der Waals surface area (Å²) in [7, 11) is 2.99. The summed E-state index contributed by atoms with van der Waals surface area (Å²) in [5, 5.41) is 9.03. The van der Waals surface area contributed by atoms with Crippen LogP contribution in [-0.2, 0) is 0 Å². The molecule has 0 spiro atoms. The Morgan fingerprint density at radius 2 is 1.91 bits per heavy atom. The van der Waals surface area contributed by atoms with Crippen LogP contribution in [0.5, 0.6) is 11.6 Å². The van der Waals surface area contributed by atoms with Gasteiger partial charge in [0, 0.05) is 11.1 Å². The highest BCUT2D eigenvalue weighted by Crippen LogP contribution is 2.31. The number of pyridine rings is 1. The summed E-state index contributed by atoms with van der Waals surface area (Å²) in [6.45, 7) is 1.88. The number of nitrogens with zero attached hydrogens (tertiary/aromatic N) is 2. The Labute approximate surface area is 134 Å². The van der Waals surface area contributed by atoms with Crippen molar-refractivity contribution >= 4 is 12.4 Å². The lowest BCUT2D eigenvalue weighted by Gasteiger charge is -2.12. The van der Waals surface area contributed by atoms with Crippen LogP contribution in [0.3, 0.4) is 0 Å². The summed E-state index contributed by atoms with van der Waals surface area (Å²) in [6.07, 6.45) is 4.47. The Balaban J connectivity index is 2.66. The van der Waals surface area contributed by atoms with Crippen LogP contribution >= 0.6 is 0 Å². The first kappa shape index (κ1) is 16.2. The van der Waals surface area contributed by atoms with Crippen molar-refractivity contribution in [2.75, 3.05) is 14.2 Å². The van der Waals surface area contributed by atoms with E-state index in [0.29, 0.717) is 22.6 Å². The fourth-order valence-electron chi connectivity index (χ4n) is 2.29. The van der Waals surface area contributed by atoms with Crippen molar-refractivity contribution in [3.05, 3.63) is 47.0 Å². The van der Waals surface area contributed by atoms with Gasteiger partial charge >= 0.3 is 0 Å². The molecule has 5 nitrogen and oxygen atoms in total. The zero-order valence-corrected chi connectivity index (χ0v) is 13.2. The normalized spacial score (nSPS) is 10.3. The van der Waals surface area contributed by atoms with Crippen molar-refractivity contribution in [1.82, 2.24) is 4.98 Å². The molecule has 0 radical (unpaired) electrons. The van der Waals surface area contributed by atoms with Crippen LogP contribution in [0.1, 0.15) is 28.4 Å². The molecule has 116 valence electrons. The summed E-state index contributed by atoms with van der Waals surface area (Å²) in [5.41, 5.74) is 2.91. The van der Waals surface area contributed by atoms with Crippen LogP contribution in [0.25, 0.3) is 17.3 Å². The Bertz CT molecular complexity index is 805. The van der Waals surface area contributed by atoms with Crippen molar-refractivity contribution in [3.63, 3.8) is 0 Å². The van der Waals surface area contributed by atoms with Crippen LogP contribution in [-0.4, -0.2) is 25.5 Å². The Morgan fingerprint density at radius 1 is 1.17 bits per heavy atom. The highest BCUT2D eigenvalue weighted by atomic mass is 16.5. The van der Waals surface area contributed by atoms with E-state index in [1.54, 1.807) is 18.2 Å². The Hall–Kier alpha value is -3.13. The van der Waals surface area contributed by atoms with Crippen LogP contribution in [0, 0.1) is 11.3 Å². The maximum Gasteiger partial charge on any atom is 0.231 e. The second-order valence-electron chi connectivity index (χ2n) is 4.67. The molecule has 1 heterocycles. The second-order valence-corrected chi connectivity index (χ2v) is 4.67. The molecule has 23 heavy (non-hydrogen) atoms. The fourth-order valence-corrected chi connectivity index (χ4v) is 2.29. The molecule has 2 rings (SSSR count). The van der Waals surface area contributed by atoms with E-state index in [-0.39, 0.29) is 5.88 Å².